The van der Waals surface area contributed by atoms with Crippen molar-refractivity contribution in [2.45, 2.75) is 77.7 Å². The molecule has 0 aliphatic carbocycles. The van der Waals surface area contributed by atoms with Gasteiger partial charge in [-0.15, -0.1) is 0 Å². The van der Waals surface area contributed by atoms with Crippen LogP contribution < -0.4 is 0 Å². The van der Waals surface area contributed by atoms with E-state index in [1.165, 1.54) is 0 Å². The standard InChI is InChI=1S/C31H37BN2O5/c1-6-25(32-38-30(2,3)31(4,5)39-32)29(22-13-10-21(11-14-22)12-17-28(35)36)23-15-16-26-24(19-23)20-33-34(26)27-9-7-8-18-37-27/h10-17,19-20,27H,6-9,18H2,1-5H3,(H,35,36)/b17-12?,29-25+. The second-order valence-corrected chi connectivity index (χ2v) is 11.3. The quantitative estimate of drug-likeness (QED) is 0.272. The number of allylic oxidation sites excluding steroid dienone is 1. The molecule has 0 amide bonds. The van der Waals surface area contributed by atoms with Crippen molar-refractivity contribution < 1.29 is 23.9 Å². The van der Waals surface area contributed by atoms with E-state index in [2.05, 4.69) is 57.9 Å². The number of carboxylic acid groups (broad SMARTS) is 1. The van der Waals surface area contributed by atoms with Crippen LogP contribution in [-0.4, -0.2) is 45.8 Å². The normalized spacial score (nSPS) is 21.5. The second-order valence-electron chi connectivity index (χ2n) is 11.3. The number of aromatic nitrogens is 2. The summed E-state index contributed by atoms with van der Waals surface area (Å²) in [6.45, 7) is 11.2. The Kier molecular flexibility index (Phi) is 7.55. The van der Waals surface area contributed by atoms with Crippen LogP contribution in [0.15, 0.2) is 60.2 Å². The number of rotatable bonds is 7. The zero-order valence-corrected chi connectivity index (χ0v) is 23.4. The van der Waals surface area contributed by atoms with Crippen LogP contribution >= 0.6 is 0 Å². The third kappa shape index (κ3) is 5.46. The Morgan fingerprint density at radius 1 is 1.08 bits per heavy atom. The number of carboxylic acids is 1. The molecular formula is C31H37BN2O5. The zero-order chi connectivity index (χ0) is 27.8. The fourth-order valence-corrected chi connectivity index (χ4v) is 5.27. The SMILES string of the molecule is CC/C(B1OC(C)(C)C(C)(C)O1)=C(/c1ccc(C=CC(=O)O)cc1)c1ccc2c(cnn2C2CCCCO2)c1. The number of hydrogen-bond donors (Lipinski definition) is 1. The molecule has 3 heterocycles. The summed E-state index contributed by atoms with van der Waals surface area (Å²) in [5.74, 6) is -0.971. The molecule has 0 radical (unpaired) electrons. The van der Waals surface area contributed by atoms with Gasteiger partial charge < -0.3 is 19.2 Å². The highest BCUT2D eigenvalue weighted by atomic mass is 16.7. The summed E-state index contributed by atoms with van der Waals surface area (Å²) >= 11 is 0. The average Bonchev–Trinajstić information content (AvgIpc) is 3.43. The molecule has 2 fully saturated rings. The van der Waals surface area contributed by atoms with Crippen LogP contribution in [0, 0.1) is 0 Å². The first-order valence-electron chi connectivity index (χ1n) is 13.8. The maximum absolute atomic E-state index is 11.0. The molecule has 204 valence electrons. The first-order chi connectivity index (χ1) is 18.6. The third-order valence-electron chi connectivity index (χ3n) is 8.17. The molecule has 3 aromatic rings. The highest BCUT2D eigenvalue weighted by Crippen LogP contribution is 2.42. The van der Waals surface area contributed by atoms with Crippen LogP contribution in [-0.2, 0) is 18.8 Å². The molecule has 2 aliphatic heterocycles. The lowest BCUT2D eigenvalue weighted by Gasteiger charge is -2.32. The summed E-state index contributed by atoms with van der Waals surface area (Å²) in [6.07, 6.45) is 8.57. The van der Waals surface area contributed by atoms with Gasteiger partial charge in [0.1, 0.15) is 0 Å². The number of nitrogens with zero attached hydrogens (tertiary/aromatic N) is 2. The van der Waals surface area contributed by atoms with Gasteiger partial charge in [-0.2, -0.15) is 5.10 Å². The molecule has 39 heavy (non-hydrogen) atoms. The summed E-state index contributed by atoms with van der Waals surface area (Å²) in [6, 6.07) is 14.4. The van der Waals surface area contributed by atoms with Crippen molar-refractivity contribution in [2.24, 2.45) is 0 Å². The van der Waals surface area contributed by atoms with E-state index in [1.807, 2.05) is 35.1 Å². The smallest absolute Gasteiger partial charge is 0.478 e. The van der Waals surface area contributed by atoms with Crippen molar-refractivity contribution in [1.82, 2.24) is 9.78 Å². The highest BCUT2D eigenvalue weighted by Gasteiger charge is 2.52. The van der Waals surface area contributed by atoms with Crippen LogP contribution in [0.5, 0.6) is 0 Å². The van der Waals surface area contributed by atoms with Crippen LogP contribution in [0.4, 0.5) is 0 Å². The topological polar surface area (TPSA) is 82.8 Å². The molecule has 2 aliphatic rings. The van der Waals surface area contributed by atoms with Crippen molar-refractivity contribution in [3.8, 4) is 0 Å². The van der Waals surface area contributed by atoms with Gasteiger partial charge in [0, 0.05) is 18.1 Å². The molecule has 1 aromatic heterocycles. The lowest BCUT2D eigenvalue weighted by molar-refractivity contribution is -0.131. The molecule has 0 saturated carbocycles. The van der Waals surface area contributed by atoms with E-state index in [9.17, 15) is 4.79 Å². The van der Waals surface area contributed by atoms with Crippen LogP contribution in [0.3, 0.4) is 0 Å². The molecule has 1 N–H and O–H groups in total. The molecule has 0 spiro atoms. The molecule has 2 saturated heterocycles. The maximum Gasteiger partial charge on any atom is 0.491 e. The molecule has 7 nitrogen and oxygen atoms in total. The minimum atomic E-state index is -0.971. The van der Waals surface area contributed by atoms with Gasteiger partial charge in [-0.3, -0.25) is 0 Å². The fourth-order valence-electron chi connectivity index (χ4n) is 5.27. The number of hydrogen-bond acceptors (Lipinski definition) is 5. The molecule has 2 aromatic carbocycles. The minimum absolute atomic E-state index is 0.0283. The number of fused-ring (bicyclic) bond motifs is 1. The number of carbonyl (C=O) groups is 1. The van der Waals surface area contributed by atoms with Gasteiger partial charge in [-0.05, 0) is 99.3 Å². The monoisotopic (exact) mass is 528 g/mol. The molecule has 8 heteroatoms. The highest BCUT2D eigenvalue weighted by molar-refractivity contribution is 6.56. The summed E-state index contributed by atoms with van der Waals surface area (Å²) in [4.78, 5) is 11.0. The molecule has 5 rings (SSSR count). The average molecular weight is 528 g/mol. The van der Waals surface area contributed by atoms with Crippen LogP contribution in [0.25, 0.3) is 22.6 Å². The largest absolute Gasteiger partial charge is 0.491 e. The van der Waals surface area contributed by atoms with Crippen molar-refractivity contribution in [3.05, 3.63) is 76.9 Å². The van der Waals surface area contributed by atoms with E-state index >= 15 is 0 Å². The van der Waals surface area contributed by atoms with E-state index in [0.717, 1.165) is 77.0 Å². The Morgan fingerprint density at radius 2 is 1.77 bits per heavy atom. The van der Waals surface area contributed by atoms with Gasteiger partial charge in [-0.1, -0.05) is 37.3 Å². The van der Waals surface area contributed by atoms with Crippen LogP contribution in [0.2, 0.25) is 0 Å². The van der Waals surface area contributed by atoms with E-state index in [4.69, 9.17) is 19.2 Å². The Morgan fingerprint density at radius 3 is 2.38 bits per heavy atom. The Bertz CT molecular complexity index is 1400. The lowest BCUT2D eigenvalue weighted by Crippen LogP contribution is -2.41. The summed E-state index contributed by atoms with van der Waals surface area (Å²) in [5.41, 5.74) is 5.12. The van der Waals surface area contributed by atoms with E-state index in [-0.39, 0.29) is 6.23 Å². The van der Waals surface area contributed by atoms with Gasteiger partial charge in [-0.25, -0.2) is 9.48 Å². The van der Waals surface area contributed by atoms with Crippen molar-refractivity contribution in [1.29, 1.82) is 0 Å². The van der Waals surface area contributed by atoms with Crippen molar-refractivity contribution in [3.63, 3.8) is 0 Å². The molecular weight excluding hydrogens is 491 g/mol. The summed E-state index contributed by atoms with van der Waals surface area (Å²) in [7, 11) is -0.490. The van der Waals surface area contributed by atoms with Gasteiger partial charge in [0.25, 0.3) is 0 Å². The number of ether oxygens (including phenoxy) is 1. The van der Waals surface area contributed by atoms with Crippen LogP contribution in [0.1, 0.15) is 83.2 Å². The third-order valence-corrected chi connectivity index (χ3v) is 8.17. The molecule has 1 atom stereocenters. The second kappa shape index (κ2) is 10.8. The van der Waals surface area contributed by atoms with Gasteiger partial charge >= 0.3 is 13.1 Å². The Hall–Kier alpha value is -3.20. The van der Waals surface area contributed by atoms with E-state index < -0.39 is 24.3 Å². The first kappa shape index (κ1) is 27.4. The summed E-state index contributed by atoms with van der Waals surface area (Å²) in [5, 5.41) is 14.7. The van der Waals surface area contributed by atoms with Gasteiger partial charge in [0.15, 0.2) is 6.23 Å². The lowest BCUT2D eigenvalue weighted by atomic mass is 9.70. The molecule has 0 bridgehead atoms. The predicted molar refractivity (Wildman–Crippen MR) is 154 cm³/mol. The minimum Gasteiger partial charge on any atom is -0.478 e. The number of aliphatic carboxylic acids is 1. The Labute approximate surface area is 230 Å². The van der Waals surface area contributed by atoms with Crippen molar-refractivity contribution in [2.75, 3.05) is 6.61 Å². The first-order valence-corrected chi connectivity index (χ1v) is 13.8. The predicted octanol–water partition coefficient (Wildman–Crippen LogP) is 6.68. The van der Waals surface area contributed by atoms with E-state index in [0.29, 0.717) is 0 Å². The summed E-state index contributed by atoms with van der Waals surface area (Å²) < 4.78 is 21.0. The van der Waals surface area contributed by atoms with E-state index in [1.54, 1.807) is 6.08 Å². The van der Waals surface area contributed by atoms with Gasteiger partial charge in [0.05, 0.1) is 22.9 Å². The zero-order valence-electron chi connectivity index (χ0n) is 23.4. The maximum atomic E-state index is 11.0. The number of benzene rings is 2. The Balaban J connectivity index is 1.61. The fraction of sp³-hybridized carbons (Fsp3) is 0.419. The van der Waals surface area contributed by atoms with Crippen molar-refractivity contribution >= 4 is 35.6 Å². The van der Waals surface area contributed by atoms with Gasteiger partial charge in [0.2, 0.25) is 0 Å². The molecule has 1 unspecified atom stereocenters.